The maximum absolute atomic E-state index is 6.26. The van der Waals surface area contributed by atoms with Gasteiger partial charge in [0.1, 0.15) is 5.75 Å². The van der Waals surface area contributed by atoms with Crippen LogP contribution >= 0.6 is 15.9 Å². The van der Waals surface area contributed by atoms with E-state index in [1.165, 1.54) is 55.2 Å². The lowest BCUT2D eigenvalue weighted by molar-refractivity contribution is 0.148. The summed E-state index contributed by atoms with van der Waals surface area (Å²) in [6.07, 6.45) is 8.06. The van der Waals surface area contributed by atoms with Gasteiger partial charge in [0.2, 0.25) is 0 Å². The number of benzene rings is 1. The van der Waals surface area contributed by atoms with Gasteiger partial charge >= 0.3 is 0 Å². The van der Waals surface area contributed by atoms with Crippen molar-refractivity contribution in [3.05, 3.63) is 28.8 Å². The Morgan fingerprint density at radius 2 is 1.70 bits per heavy atom. The molecule has 0 amide bonds. The number of hydrogen-bond donors (Lipinski definition) is 0. The molecule has 0 aromatic heterocycles. The quantitative estimate of drug-likeness (QED) is 0.503. The highest BCUT2D eigenvalue weighted by Gasteiger charge is 2.31. The first-order valence-electron chi connectivity index (χ1n) is 7.83. The van der Waals surface area contributed by atoms with Crippen LogP contribution < -0.4 is 4.74 Å². The lowest BCUT2D eigenvalue weighted by atomic mass is 9.83. The van der Waals surface area contributed by atoms with Crippen molar-refractivity contribution in [3.63, 3.8) is 0 Å². The zero-order valence-electron chi connectivity index (χ0n) is 13.1. The molecular formula is C18H27BrO. The van der Waals surface area contributed by atoms with E-state index in [-0.39, 0.29) is 0 Å². The van der Waals surface area contributed by atoms with Gasteiger partial charge in [0.25, 0.3) is 0 Å². The molecule has 1 aliphatic carbocycles. The van der Waals surface area contributed by atoms with Crippen molar-refractivity contribution in [1.82, 2.24) is 0 Å². The fraction of sp³-hybridized carbons (Fsp3) is 0.667. The fourth-order valence-electron chi connectivity index (χ4n) is 3.18. The van der Waals surface area contributed by atoms with Crippen molar-refractivity contribution in [3.8, 4) is 5.75 Å². The van der Waals surface area contributed by atoms with Gasteiger partial charge in [-0.2, -0.15) is 0 Å². The molecule has 2 heteroatoms. The Labute approximate surface area is 132 Å². The van der Waals surface area contributed by atoms with E-state index in [0.717, 1.165) is 17.7 Å². The molecule has 0 radical (unpaired) electrons. The molecule has 1 aliphatic rings. The molecule has 1 saturated carbocycles. The Morgan fingerprint density at radius 1 is 1.05 bits per heavy atom. The van der Waals surface area contributed by atoms with Gasteiger partial charge in [-0.1, -0.05) is 47.7 Å². The van der Waals surface area contributed by atoms with Crippen LogP contribution in [0.3, 0.4) is 0 Å². The minimum absolute atomic E-state index is 0.334. The van der Waals surface area contributed by atoms with Gasteiger partial charge in [-0.05, 0) is 56.4 Å². The molecule has 0 atom stereocenters. The highest BCUT2D eigenvalue weighted by molar-refractivity contribution is 9.09. The Hall–Kier alpha value is -0.500. The van der Waals surface area contributed by atoms with Crippen LogP contribution in [-0.2, 0) is 0 Å². The molecular weight excluding hydrogens is 312 g/mol. The van der Waals surface area contributed by atoms with Gasteiger partial charge in [-0.3, -0.25) is 0 Å². The molecule has 0 N–H and O–H groups in total. The molecule has 20 heavy (non-hydrogen) atoms. The minimum atomic E-state index is 0.334. The molecule has 0 heterocycles. The summed E-state index contributed by atoms with van der Waals surface area (Å²) in [5.41, 5.74) is 4.24. The monoisotopic (exact) mass is 338 g/mol. The van der Waals surface area contributed by atoms with Crippen molar-refractivity contribution < 1.29 is 4.74 Å². The van der Waals surface area contributed by atoms with Gasteiger partial charge in [0.05, 0.1) is 6.61 Å². The van der Waals surface area contributed by atoms with Crippen molar-refractivity contribution in [2.45, 2.75) is 59.3 Å². The lowest BCUT2D eigenvalue weighted by Crippen LogP contribution is -2.30. The Morgan fingerprint density at radius 3 is 2.30 bits per heavy atom. The van der Waals surface area contributed by atoms with Crippen molar-refractivity contribution in [1.29, 1.82) is 0 Å². The van der Waals surface area contributed by atoms with Crippen LogP contribution in [0.2, 0.25) is 0 Å². The summed E-state index contributed by atoms with van der Waals surface area (Å²) in [6.45, 7) is 7.33. The topological polar surface area (TPSA) is 9.23 Å². The average Bonchev–Trinajstić information content (AvgIpc) is 2.67. The summed E-state index contributed by atoms with van der Waals surface area (Å²) in [5.74, 6) is 1.08. The molecule has 1 aromatic rings. The molecule has 0 bridgehead atoms. The molecule has 0 spiro atoms. The smallest absolute Gasteiger partial charge is 0.122 e. The number of aryl methyl sites for hydroxylation is 2. The molecule has 2 rings (SSSR count). The van der Waals surface area contributed by atoms with Gasteiger partial charge in [0.15, 0.2) is 0 Å². The summed E-state index contributed by atoms with van der Waals surface area (Å²) >= 11 is 3.74. The van der Waals surface area contributed by atoms with E-state index in [4.69, 9.17) is 4.74 Å². The highest BCUT2D eigenvalue weighted by Crippen LogP contribution is 2.37. The SMILES string of the molecule is Cc1cc(C)c(C)c(OCC2(CBr)CCCCCC2)c1. The third-order valence-corrected chi connectivity index (χ3v) is 5.94. The number of ether oxygens (including phenoxy) is 1. The van der Waals surface area contributed by atoms with Crippen molar-refractivity contribution in [2.24, 2.45) is 5.41 Å². The number of halogens is 1. The van der Waals surface area contributed by atoms with Crippen LogP contribution in [0.15, 0.2) is 12.1 Å². The third-order valence-electron chi connectivity index (χ3n) is 4.75. The molecule has 1 nitrogen and oxygen atoms in total. The Balaban J connectivity index is 2.10. The second-order valence-corrected chi connectivity index (χ2v) is 7.10. The normalized spacial score (nSPS) is 18.6. The second-order valence-electron chi connectivity index (χ2n) is 6.54. The van der Waals surface area contributed by atoms with Crippen LogP contribution in [0.5, 0.6) is 5.75 Å². The summed E-state index contributed by atoms with van der Waals surface area (Å²) in [4.78, 5) is 0. The number of alkyl halides is 1. The molecule has 1 aromatic carbocycles. The van der Waals surface area contributed by atoms with Gasteiger partial charge in [-0.15, -0.1) is 0 Å². The van der Waals surface area contributed by atoms with Gasteiger partial charge in [-0.25, -0.2) is 0 Å². The lowest BCUT2D eigenvalue weighted by Gasteiger charge is -2.31. The van der Waals surface area contributed by atoms with E-state index in [2.05, 4.69) is 48.8 Å². The molecule has 1 fully saturated rings. The summed E-state index contributed by atoms with van der Waals surface area (Å²) in [6, 6.07) is 4.41. The standard InChI is InChI=1S/C18H27BrO/c1-14-10-15(2)16(3)17(11-14)20-13-18(12-19)8-6-4-5-7-9-18/h10-11H,4-9,12-13H2,1-3H3. The maximum Gasteiger partial charge on any atom is 0.122 e. The first-order valence-corrected chi connectivity index (χ1v) is 8.95. The van der Waals surface area contributed by atoms with Crippen LogP contribution in [-0.4, -0.2) is 11.9 Å². The van der Waals surface area contributed by atoms with Gasteiger partial charge in [0, 0.05) is 10.7 Å². The van der Waals surface area contributed by atoms with Crippen LogP contribution in [0.25, 0.3) is 0 Å². The minimum Gasteiger partial charge on any atom is -0.493 e. The second kappa shape index (κ2) is 6.98. The molecule has 112 valence electrons. The van der Waals surface area contributed by atoms with Crippen LogP contribution in [0, 0.1) is 26.2 Å². The Kier molecular flexibility index (Phi) is 5.54. The summed E-state index contributed by atoms with van der Waals surface area (Å²) in [5, 5.41) is 1.06. The van der Waals surface area contributed by atoms with Crippen LogP contribution in [0.4, 0.5) is 0 Å². The first-order chi connectivity index (χ1) is 9.56. The summed E-state index contributed by atoms with van der Waals surface area (Å²) in [7, 11) is 0. The predicted octanol–water partition coefficient (Wildman–Crippen LogP) is 5.73. The Bertz CT molecular complexity index is 445. The predicted molar refractivity (Wildman–Crippen MR) is 90.1 cm³/mol. The van der Waals surface area contributed by atoms with Gasteiger partial charge < -0.3 is 4.74 Å². The van der Waals surface area contributed by atoms with Crippen molar-refractivity contribution >= 4 is 15.9 Å². The summed E-state index contributed by atoms with van der Waals surface area (Å²) < 4.78 is 6.26. The highest BCUT2D eigenvalue weighted by atomic mass is 79.9. The third kappa shape index (κ3) is 3.78. The van der Waals surface area contributed by atoms with E-state index >= 15 is 0 Å². The number of rotatable bonds is 4. The molecule has 0 aliphatic heterocycles. The van der Waals surface area contributed by atoms with Crippen LogP contribution in [0.1, 0.15) is 55.2 Å². The van der Waals surface area contributed by atoms with E-state index in [9.17, 15) is 0 Å². The zero-order valence-corrected chi connectivity index (χ0v) is 14.7. The van der Waals surface area contributed by atoms with E-state index in [1.807, 2.05) is 0 Å². The van der Waals surface area contributed by atoms with E-state index in [0.29, 0.717) is 5.41 Å². The molecule has 0 unspecified atom stereocenters. The molecule has 0 saturated heterocycles. The number of hydrogen-bond acceptors (Lipinski definition) is 1. The first kappa shape index (κ1) is 15.9. The average molecular weight is 339 g/mol. The zero-order chi connectivity index (χ0) is 14.6. The van der Waals surface area contributed by atoms with E-state index < -0.39 is 0 Å². The maximum atomic E-state index is 6.26. The van der Waals surface area contributed by atoms with Crippen molar-refractivity contribution in [2.75, 3.05) is 11.9 Å². The van der Waals surface area contributed by atoms with E-state index in [1.54, 1.807) is 0 Å². The largest absolute Gasteiger partial charge is 0.493 e. The fourth-order valence-corrected chi connectivity index (χ4v) is 3.90.